The van der Waals surface area contributed by atoms with Crippen LogP contribution in [0.15, 0.2) is 36.0 Å². The highest BCUT2D eigenvalue weighted by Gasteiger charge is 2.68. The lowest BCUT2D eigenvalue weighted by atomic mass is 9.33. The first kappa shape index (κ1) is 32.7. The van der Waals surface area contributed by atoms with Gasteiger partial charge in [0.05, 0.1) is 0 Å². The summed E-state index contributed by atoms with van der Waals surface area (Å²) in [7, 11) is 0. The number of fused-ring (bicyclic) bond motifs is 7. The van der Waals surface area contributed by atoms with Crippen LogP contribution in [0.4, 0.5) is 0 Å². The van der Waals surface area contributed by atoms with Crippen LogP contribution in [-0.2, 0) is 14.3 Å². The maximum Gasteiger partial charge on any atom is 0.331 e. The number of unbranched alkanes of at least 4 members (excludes halogenated alkanes) is 1. The average molecular weight is 591 g/mol. The van der Waals surface area contributed by atoms with Crippen LogP contribution < -0.4 is 0 Å². The summed E-state index contributed by atoms with van der Waals surface area (Å²) >= 11 is 0. The predicted molar refractivity (Wildman–Crippen MR) is 177 cm³/mol. The lowest BCUT2D eigenvalue weighted by Gasteiger charge is -2.71. The van der Waals surface area contributed by atoms with Gasteiger partial charge in [-0.1, -0.05) is 92.5 Å². The van der Waals surface area contributed by atoms with Crippen molar-refractivity contribution >= 4 is 11.8 Å². The van der Waals surface area contributed by atoms with Crippen LogP contribution in [0.3, 0.4) is 0 Å². The molecule has 0 heterocycles. The van der Waals surface area contributed by atoms with Crippen LogP contribution in [0, 0.1) is 50.2 Å². The fraction of sp³-hybridized carbons (Fsp3) is 0.800. The molecule has 0 amide bonds. The number of rotatable bonds is 7. The van der Waals surface area contributed by atoms with Crippen molar-refractivity contribution in [2.24, 2.45) is 50.2 Å². The van der Waals surface area contributed by atoms with Crippen molar-refractivity contribution in [3.05, 3.63) is 36.0 Å². The van der Waals surface area contributed by atoms with Crippen LogP contribution in [0.5, 0.6) is 0 Å². The molecule has 0 aliphatic heterocycles. The molecule has 4 saturated carbocycles. The van der Waals surface area contributed by atoms with Crippen molar-refractivity contribution in [3.63, 3.8) is 0 Å². The molecule has 5 aliphatic carbocycles. The van der Waals surface area contributed by atoms with E-state index in [2.05, 4.69) is 68.4 Å². The highest BCUT2D eigenvalue weighted by atomic mass is 16.5. The second-order valence-corrected chi connectivity index (χ2v) is 17.9. The Bertz CT molecular complexity index is 1190. The number of ether oxygens (including phenoxy) is 1. The van der Waals surface area contributed by atoms with E-state index in [1.165, 1.54) is 57.4 Å². The second-order valence-electron chi connectivity index (χ2n) is 17.9. The maximum atomic E-state index is 12.9. The van der Waals surface area contributed by atoms with E-state index in [4.69, 9.17) is 4.74 Å². The molecule has 0 spiro atoms. The molecule has 0 aromatic carbocycles. The zero-order valence-corrected chi connectivity index (χ0v) is 29.1. The normalized spacial score (nSPS) is 43.2. The fourth-order valence-corrected chi connectivity index (χ4v) is 11.6. The summed E-state index contributed by atoms with van der Waals surface area (Å²) in [4.78, 5) is 24.8. The van der Waals surface area contributed by atoms with Gasteiger partial charge in [-0.05, 0) is 122 Å². The third-order valence-electron chi connectivity index (χ3n) is 14.7. The zero-order chi connectivity index (χ0) is 31.5. The van der Waals surface area contributed by atoms with E-state index in [9.17, 15) is 9.59 Å². The monoisotopic (exact) mass is 590 g/mol. The largest absolute Gasteiger partial charge is 0.459 e. The lowest BCUT2D eigenvalue weighted by Crippen LogP contribution is -2.64. The van der Waals surface area contributed by atoms with Gasteiger partial charge in [-0.25, -0.2) is 4.79 Å². The predicted octanol–water partition coefficient (Wildman–Crippen LogP) is 10.6. The molecule has 0 bridgehead atoms. The van der Waals surface area contributed by atoms with Crippen LogP contribution in [-0.4, -0.2) is 17.9 Å². The van der Waals surface area contributed by atoms with Gasteiger partial charge < -0.3 is 4.74 Å². The Labute approximate surface area is 263 Å². The van der Waals surface area contributed by atoms with Gasteiger partial charge in [0.2, 0.25) is 0 Å². The van der Waals surface area contributed by atoms with Crippen molar-refractivity contribution in [1.82, 2.24) is 0 Å². The molecule has 5 aliphatic rings. The Morgan fingerprint density at radius 2 is 1.56 bits per heavy atom. The summed E-state index contributed by atoms with van der Waals surface area (Å²) in [5.41, 5.74) is 3.53. The molecule has 0 N–H and O–H groups in total. The molecule has 1 unspecified atom stereocenters. The Morgan fingerprint density at radius 1 is 0.860 bits per heavy atom. The summed E-state index contributed by atoms with van der Waals surface area (Å²) in [6.07, 6.45) is 24.2. The first-order chi connectivity index (χ1) is 20.0. The molecule has 4 fully saturated rings. The van der Waals surface area contributed by atoms with Crippen molar-refractivity contribution < 1.29 is 14.3 Å². The summed E-state index contributed by atoms with van der Waals surface area (Å²) < 4.78 is 6.17. The van der Waals surface area contributed by atoms with Gasteiger partial charge in [0.25, 0.3) is 0 Å². The Kier molecular flexibility index (Phi) is 8.61. The molecule has 3 heteroatoms. The van der Waals surface area contributed by atoms with Crippen molar-refractivity contribution in [2.75, 3.05) is 0 Å². The second kappa shape index (κ2) is 11.3. The van der Waals surface area contributed by atoms with Gasteiger partial charge in [-0.2, -0.15) is 0 Å². The van der Waals surface area contributed by atoms with Gasteiger partial charge in [0, 0.05) is 17.9 Å². The maximum absolute atomic E-state index is 12.9. The first-order valence-electron chi connectivity index (χ1n) is 17.8. The third kappa shape index (κ3) is 5.45. The molecule has 8 atom stereocenters. The van der Waals surface area contributed by atoms with Crippen molar-refractivity contribution in [2.45, 2.75) is 152 Å². The number of hydrogen-bond donors (Lipinski definition) is 0. The van der Waals surface area contributed by atoms with Gasteiger partial charge in [0.1, 0.15) is 6.10 Å². The molecule has 0 aromatic heterocycles. The third-order valence-corrected chi connectivity index (χ3v) is 14.7. The molecular formula is C40H62O3. The summed E-state index contributed by atoms with van der Waals surface area (Å²) in [5, 5.41) is 0. The SMILES string of the molecule is CCCCC(=O)C=CC=CC(=O)O[C@H]1CC[C@@]2(C)C(CC[C@]3(C)[C@@H]2CC=C2[C@H]4CC(C)(C)CC[C@]4(C)CC[C@]23C)C1(C)C. The topological polar surface area (TPSA) is 43.4 Å². The van der Waals surface area contributed by atoms with E-state index >= 15 is 0 Å². The first-order valence-corrected chi connectivity index (χ1v) is 17.8. The van der Waals surface area contributed by atoms with Crippen molar-refractivity contribution in [3.8, 4) is 0 Å². The lowest BCUT2D eigenvalue weighted by molar-refractivity contribution is -0.210. The number of allylic oxidation sites excluding steroid dienone is 5. The number of ketones is 1. The van der Waals surface area contributed by atoms with E-state index in [-0.39, 0.29) is 34.1 Å². The van der Waals surface area contributed by atoms with Gasteiger partial charge in [-0.15, -0.1) is 0 Å². The minimum atomic E-state index is -0.286. The Balaban J connectivity index is 1.33. The standard InChI is InChI=1S/C40H62O3/c1-10-11-14-28(41)15-12-13-16-34(42)43-33-20-21-38(7)31(36(33,4)5)19-22-40(9)32(38)18-17-29-30-27-35(2,3)23-24-37(30,6)25-26-39(29,40)8/h12-13,15-17,30-33H,10-11,14,18-27H2,1-9H3/t30-,31?,32-,33+,37-,38+,39-,40-/m1/s1. The quantitative estimate of drug-likeness (QED) is 0.128. The summed E-state index contributed by atoms with van der Waals surface area (Å²) in [6, 6.07) is 0. The van der Waals surface area contributed by atoms with E-state index < -0.39 is 0 Å². The molecule has 240 valence electrons. The van der Waals surface area contributed by atoms with Crippen LogP contribution in [0.2, 0.25) is 0 Å². The van der Waals surface area contributed by atoms with Gasteiger partial charge in [-0.3, -0.25) is 4.79 Å². The van der Waals surface area contributed by atoms with Crippen molar-refractivity contribution in [1.29, 1.82) is 0 Å². The summed E-state index contributed by atoms with van der Waals surface area (Å²) in [6.45, 7) is 22.4. The number of carbonyl (C=O) groups is 2. The molecule has 0 aromatic rings. The highest BCUT2D eigenvalue weighted by molar-refractivity contribution is 5.90. The number of hydrogen-bond acceptors (Lipinski definition) is 3. The minimum Gasteiger partial charge on any atom is -0.459 e. The average Bonchev–Trinajstić information content (AvgIpc) is 2.93. The minimum absolute atomic E-state index is 0.0762. The van der Waals surface area contributed by atoms with E-state index in [0.29, 0.717) is 34.5 Å². The van der Waals surface area contributed by atoms with Crippen LogP contribution >= 0.6 is 0 Å². The van der Waals surface area contributed by atoms with E-state index in [1.807, 2.05) is 5.57 Å². The number of esters is 1. The molecule has 5 rings (SSSR count). The molecule has 43 heavy (non-hydrogen) atoms. The molecule has 0 radical (unpaired) electrons. The van der Waals surface area contributed by atoms with Gasteiger partial charge >= 0.3 is 5.97 Å². The molecule has 3 nitrogen and oxygen atoms in total. The summed E-state index contributed by atoms with van der Waals surface area (Å²) in [5.74, 6) is 1.76. The fourth-order valence-electron chi connectivity index (χ4n) is 11.6. The number of carbonyl (C=O) groups excluding carboxylic acids is 2. The zero-order valence-electron chi connectivity index (χ0n) is 29.1. The molecular weight excluding hydrogens is 528 g/mol. The highest BCUT2D eigenvalue weighted by Crippen LogP contribution is 2.75. The molecule has 0 saturated heterocycles. The van der Waals surface area contributed by atoms with Crippen LogP contribution in [0.25, 0.3) is 0 Å². The van der Waals surface area contributed by atoms with Gasteiger partial charge in [0.15, 0.2) is 5.78 Å². The van der Waals surface area contributed by atoms with Crippen LogP contribution in [0.1, 0.15) is 146 Å². The smallest absolute Gasteiger partial charge is 0.331 e. The Hall–Kier alpha value is -1.64. The van der Waals surface area contributed by atoms with E-state index in [0.717, 1.165) is 31.6 Å². The Morgan fingerprint density at radius 3 is 2.28 bits per heavy atom. The van der Waals surface area contributed by atoms with E-state index in [1.54, 1.807) is 18.2 Å².